The van der Waals surface area contributed by atoms with Crippen molar-refractivity contribution in [2.75, 3.05) is 19.6 Å². The van der Waals surface area contributed by atoms with E-state index in [4.69, 9.17) is 11.2 Å². The molecule has 0 unspecified atom stereocenters. The van der Waals surface area contributed by atoms with Crippen LogP contribution in [0.25, 0.3) is 10.9 Å². The third kappa shape index (κ3) is 2.97. The molecule has 0 bridgehead atoms. The zero-order valence-electron chi connectivity index (χ0n) is 15.6. The molecule has 0 atom stereocenters. The van der Waals surface area contributed by atoms with Gasteiger partial charge in [0.2, 0.25) is 10.0 Å². The van der Waals surface area contributed by atoms with Crippen LogP contribution < -0.4 is 5.73 Å². The zero-order valence-corrected chi connectivity index (χ0v) is 12.4. The average Bonchev–Trinajstić information content (AvgIpc) is 3.15. The Bertz CT molecular complexity index is 884. The topological polar surface area (TPSA) is 79.2 Å². The standard InChI is InChI=1S/C15H21N3O2S/c16-6-5-13-10-17-15-4-3-12(9-14(13)15)11-21(19,20)18-7-1-2-8-18/h3-4,9-10,17H,1-2,5-8,11,16H2/i5D2,6D2. The van der Waals surface area contributed by atoms with E-state index in [9.17, 15) is 8.42 Å². The number of benzene rings is 1. The Balaban J connectivity index is 1.98. The molecule has 1 fully saturated rings. The van der Waals surface area contributed by atoms with Gasteiger partial charge < -0.3 is 10.7 Å². The highest BCUT2D eigenvalue weighted by Gasteiger charge is 2.25. The molecule has 114 valence electrons. The molecule has 21 heavy (non-hydrogen) atoms. The lowest BCUT2D eigenvalue weighted by atomic mass is 10.1. The monoisotopic (exact) mass is 311 g/mol. The van der Waals surface area contributed by atoms with E-state index in [1.165, 1.54) is 10.5 Å². The van der Waals surface area contributed by atoms with Crippen LogP contribution in [0.15, 0.2) is 24.4 Å². The molecule has 1 aliphatic rings. The third-order valence-electron chi connectivity index (χ3n) is 3.76. The Morgan fingerprint density at radius 3 is 2.81 bits per heavy atom. The van der Waals surface area contributed by atoms with Gasteiger partial charge in [-0.05, 0) is 49.0 Å². The fraction of sp³-hybridized carbons (Fsp3) is 0.467. The molecular weight excluding hydrogens is 286 g/mol. The highest BCUT2D eigenvalue weighted by molar-refractivity contribution is 7.88. The van der Waals surface area contributed by atoms with E-state index < -0.39 is 22.9 Å². The lowest BCUT2D eigenvalue weighted by Crippen LogP contribution is -2.29. The maximum atomic E-state index is 12.5. The van der Waals surface area contributed by atoms with Crippen LogP contribution in [0.5, 0.6) is 0 Å². The second kappa shape index (κ2) is 5.79. The number of aromatic amines is 1. The van der Waals surface area contributed by atoms with Crippen LogP contribution in [0.4, 0.5) is 0 Å². The third-order valence-corrected chi connectivity index (χ3v) is 5.61. The maximum Gasteiger partial charge on any atom is 0.218 e. The van der Waals surface area contributed by atoms with Crippen LogP contribution in [-0.2, 0) is 22.1 Å². The summed E-state index contributed by atoms with van der Waals surface area (Å²) in [6.07, 6.45) is 0.698. The van der Waals surface area contributed by atoms with Crippen LogP contribution in [0, 0.1) is 0 Å². The van der Waals surface area contributed by atoms with Crippen molar-refractivity contribution in [3.05, 3.63) is 35.5 Å². The summed E-state index contributed by atoms with van der Waals surface area (Å²) in [5.41, 5.74) is 6.58. The highest BCUT2D eigenvalue weighted by Crippen LogP contribution is 2.23. The first kappa shape index (κ1) is 10.4. The molecule has 0 spiro atoms. The second-order valence-electron chi connectivity index (χ2n) is 5.21. The summed E-state index contributed by atoms with van der Waals surface area (Å²) in [7, 11) is -3.41. The molecule has 1 aromatic heterocycles. The number of aryl methyl sites for hydroxylation is 1. The van der Waals surface area contributed by atoms with Crippen LogP contribution in [0.2, 0.25) is 0 Å². The smallest absolute Gasteiger partial charge is 0.218 e. The van der Waals surface area contributed by atoms with Crippen molar-refractivity contribution in [3.63, 3.8) is 0 Å². The van der Waals surface area contributed by atoms with Crippen LogP contribution in [-0.4, -0.2) is 37.3 Å². The van der Waals surface area contributed by atoms with Gasteiger partial charge in [-0.3, -0.25) is 0 Å². The number of H-pyrrole nitrogens is 1. The molecule has 6 heteroatoms. The molecule has 1 aliphatic heterocycles. The summed E-state index contributed by atoms with van der Waals surface area (Å²) in [5, 5.41) is 0.438. The van der Waals surface area contributed by atoms with Gasteiger partial charge in [0.1, 0.15) is 0 Å². The summed E-state index contributed by atoms with van der Waals surface area (Å²) < 4.78 is 57.6. The van der Waals surface area contributed by atoms with Crippen molar-refractivity contribution in [3.8, 4) is 0 Å². The highest BCUT2D eigenvalue weighted by atomic mass is 32.2. The Labute approximate surface area is 130 Å². The number of sulfonamides is 1. The first-order valence-electron chi connectivity index (χ1n) is 8.89. The number of rotatable bonds is 5. The molecule has 5 nitrogen and oxygen atoms in total. The SMILES string of the molecule is [2H]C([2H])(N)C([2H])([2H])c1c[nH]c2ccc(CS(=O)(=O)N3CCCC3)cc12. The number of aromatic nitrogens is 1. The molecule has 2 heterocycles. The average molecular weight is 311 g/mol. The Kier molecular flexibility index (Phi) is 2.86. The van der Waals surface area contributed by atoms with E-state index in [0.717, 1.165) is 12.8 Å². The van der Waals surface area contributed by atoms with Gasteiger partial charge in [0.15, 0.2) is 0 Å². The summed E-state index contributed by atoms with van der Waals surface area (Å²) in [4.78, 5) is 2.89. The van der Waals surface area contributed by atoms with Crippen molar-refractivity contribution in [1.29, 1.82) is 0 Å². The molecule has 3 rings (SSSR count). The van der Waals surface area contributed by atoms with Gasteiger partial charge in [0.05, 0.1) is 5.75 Å². The van der Waals surface area contributed by atoms with Crippen LogP contribution >= 0.6 is 0 Å². The zero-order chi connectivity index (χ0) is 18.5. The fourth-order valence-electron chi connectivity index (χ4n) is 2.71. The molecule has 0 aliphatic carbocycles. The van der Waals surface area contributed by atoms with E-state index >= 15 is 0 Å². The largest absolute Gasteiger partial charge is 0.361 e. The Morgan fingerprint density at radius 1 is 1.33 bits per heavy atom. The number of fused-ring (bicyclic) bond motifs is 1. The molecule has 0 saturated carbocycles. The fourth-order valence-corrected chi connectivity index (χ4v) is 4.30. The van der Waals surface area contributed by atoms with E-state index in [1.807, 2.05) is 0 Å². The number of nitrogens with zero attached hydrogens (tertiary/aromatic N) is 1. The second-order valence-corrected chi connectivity index (χ2v) is 7.18. The molecular formula is C15H21N3O2S. The molecule has 2 aromatic rings. The van der Waals surface area contributed by atoms with E-state index in [1.54, 1.807) is 18.2 Å². The summed E-state index contributed by atoms with van der Waals surface area (Å²) in [6.45, 7) is -1.49. The van der Waals surface area contributed by atoms with Crippen molar-refractivity contribution >= 4 is 20.9 Å². The minimum atomic E-state index is -3.41. The number of nitrogens with one attached hydrogen (secondary N) is 1. The summed E-state index contributed by atoms with van der Waals surface area (Å²) in [5.74, 6) is -0.161. The maximum absolute atomic E-state index is 12.5. The molecule has 1 aromatic carbocycles. The molecule has 0 radical (unpaired) electrons. The predicted octanol–water partition coefficient (Wildman–Crippen LogP) is 1.59. The van der Waals surface area contributed by atoms with Crippen molar-refractivity contribution in [2.45, 2.75) is 25.0 Å². The van der Waals surface area contributed by atoms with E-state index in [0.29, 0.717) is 29.6 Å². The van der Waals surface area contributed by atoms with Gasteiger partial charge in [-0.2, -0.15) is 0 Å². The van der Waals surface area contributed by atoms with Gasteiger partial charge in [-0.1, -0.05) is 6.07 Å². The van der Waals surface area contributed by atoms with Crippen LogP contribution in [0.3, 0.4) is 0 Å². The van der Waals surface area contributed by atoms with Crippen molar-refractivity contribution < 1.29 is 13.9 Å². The lowest BCUT2D eigenvalue weighted by Gasteiger charge is -2.15. The number of hydrogen-bond acceptors (Lipinski definition) is 3. The minimum Gasteiger partial charge on any atom is -0.361 e. The quantitative estimate of drug-likeness (QED) is 0.880. The molecule has 3 N–H and O–H groups in total. The van der Waals surface area contributed by atoms with E-state index in [2.05, 4.69) is 4.98 Å². The lowest BCUT2D eigenvalue weighted by molar-refractivity contribution is 0.476. The van der Waals surface area contributed by atoms with Crippen molar-refractivity contribution in [1.82, 2.24) is 9.29 Å². The first-order valence-corrected chi connectivity index (χ1v) is 8.50. The van der Waals surface area contributed by atoms with Gasteiger partial charge in [-0.25, -0.2) is 12.7 Å². The summed E-state index contributed by atoms with van der Waals surface area (Å²) >= 11 is 0. The number of hydrogen-bond donors (Lipinski definition) is 2. The predicted molar refractivity (Wildman–Crippen MR) is 84.5 cm³/mol. The first-order chi connectivity index (χ1) is 11.5. The molecule has 1 saturated heterocycles. The molecule has 0 amide bonds. The Morgan fingerprint density at radius 2 is 2.10 bits per heavy atom. The van der Waals surface area contributed by atoms with Crippen LogP contribution in [0.1, 0.15) is 29.5 Å². The van der Waals surface area contributed by atoms with Crippen molar-refractivity contribution in [2.24, 2.45) is 5.73 Å². The normalized spacial score (nSPS) is 21.0. The van der Waals surface area contributed by atoms with Gasteiger partial charge in [0.25, 0.3) is 0 Å². The summed E-state index contributed by atoms with van der Waals surface area (Å²) in [6, 6.07) is 4.96. The van der Waals surface area contributed by atoms with Gasteiger partial charge >= 0.3 is 0 Å². The number of nitrogens with two attached hydrogens (primary N) is 1. The Hall–Kier alpha value is -1.37. The van der Waals surface area contributed by atoms with Gasteiger partial charge in [-0.15, -0.1) is 0 Å². The van der Waals surface area contributed by atoms with E-state index in [-0.39, 0.29) is 11.3 Å². The minimum absolute atomic E-state index is 0.0791. The van der Waals surface area contributed by atoms with Gasteiger partial charge in [0, 0.05) is 35.7 Å².